The van der Waals surface area contributed by atoms with Gasteiger partial charge in [-0.05, 0) is 43.2 Å². The molecule has 3 nitrogen and oxygen atoms in total. The average molecular weight is 236 g/mol. The summed E-state index contributed by atoms with van der Waals surface area (Å²) in [5.41, 5.74) is -0.362. The van der Waals surface area contributed by atoms with E-state index in [2.05, 4.69) is 13.8 Å². The lowest BCUT2D eigenvalue weighted by molar-refractivity contribution is -0.0397. The lowest BCUT2D eigenvalue weighted by Crippen LogP contribution is -2.45. The quantitative estimate of drug-likeness (QED) is 0.754. The molecule has 0 radical (unpaired) electrons. The molecule has 1 aromatic heterocycles. The highest BCUT2D eigenvalue weighted by Crippen LogP contribution is 2.43. The van der Waals surface area contributed by atoms with Crippen molar-refractivity contribution < 1.29 is 13.9 Å². The number of ketones is 1. The van der Waals surface area contributed by atoms with Gasteiger partial charge >= 0.3 is 0 Å². The van der Waals surface area contributed by atoms with Crippen LogP contribution in [0.25, 0.3) is 0 Å². The maximum Gasteiger partial charge on any atom is 0.229 e. The van der Waals surface area contributed by atoms with Crippen molar-refractivity contribution in [2.45, 2.75) is 45.1 Å². The van der Waals surface area contributed by atoms with Gasteiger partial charge in [-0.25, -0.2) is 0 Å². The van der Waals surface area contributed by atoms with Crippen LogP contribution in [-0.2, 0) is 4.74 Å². The highest BCUT2D eigenvalue weighted by Gasteiger charge is 2.45. The summed E-state index contributed by atoms with van der Waals surface area (Å²) in [6.07, 6.45) is 5.09. The molecule has 17 heavy (non-hydrogen) atoms. The fourth-order valence-electron chi connectivity index (χ4n) is 2.49. The molecule has 2 rings (SSSR count). The second-order valence-corrected chi connectivity index (χ2v) is 5.67. The van der Waals surface area contributed by atoms with Gasteiger partial charge in [0.15, 0.2) is 5.76 Å². The Kier molecular flexibility index (Phi) is 3.13. The summed E-state index contributed by atoms with van der Waals surface area (Å²) in [6, 6.07) is 3.45. The number of furan rings is 1. The van der Waals surface area contributed by atoms with Gasteiger partial charge in [0.05, 0.1) is 6.26 Å². The molecule has 1 saturated carbocycles. The highest BCUT2D eigenvalue weighted by atomic mass is 16.5. The first-order chi connectivity index (χ1) is 7.99. The summed E-state index contributed by atoms with van der Waals surface area (Å²) in [6.45, 7) is 4.48. The molecule has 0 N–H and O–H groups in total. The molecule has 0 spiro atoms. The average Bonchev–Trinajstić information content (AvgIpc) is 2.82. The third-order valence-electron chi connectivity index (χ3n) is 3.96. The lowest BCUT2D eigenvalue weighted by Gasteiger charge is -2.41. The number of carbonyl (C=O) groups excluding carboxylic acids is 1. The molecule has 0 unspecified atom stereocenters. The van der Waals surface area contributed by atoms with Crippen LogP contribution >= 0.6 is 0 Å². The summed E-state index contributed by atoms with van der Waals surface area (Å²) in [5.74, 6) is 0.395. The topological polar surface area (TPSA) is 39.4 Å². The first kappa shape index (κ1) is 12.4. The van der Waals surface area contributed by atoms with Gasteiger partial charge in [0.2, 0.25) is 5.78 Å². The molecule has 0 bridgehead atoms. The van der Waals surface area contributed by atoms with Gasteiger partial charge in [0.25, 0.3) is 0 Å². The lowest BCUT2D eigenvalue weighted by atomic mass is 9.69. The summed E-state index contributed by atoms with van der Waals surface area (Å²) >= 11 is 0. The first-order valence-corrected chi connectivity index (χ1v) is 6.13. The van der Waals surface area contributed by atoms with E-state index in [0.717, 1.165) is 25.7 Å². The minimum atomic E-state index is -0.673. The smallest absolute Gasteiger partial charge is 0.229 e. The molecular weight excluding hydrogens is 216 g/mol. The van der Waals surface area contributed by atoms with Crippen molar-refractivity contribution in [1.82, 2.24) is 0 Å². The van der Waals surface area contributed by atoms with Crippen molar-refractivity contribution in [1.29, 1.82) is 0 Å². The van der Waals surface area contributed by atoms with Crippen LogP contribution in [0.1, 0.15) is 50.1 Å². The molecule has 1 aliphatic carbocycles. The van der Waals surface area contributed by atoms with Gasteiger partial charge in [-0.1, -0.05) is 13.8 Å². The molecular formula is C14H20O3. The number of rotatable bonds is 3. The normalized spacial score (nSPS) is 22.3. The van der Waals surface area contributed by atoms with Gasteiger partial charge in [0, 0.05) is 7.11 Å². The third kappa shape index (κ3) is 2.29. The largest absolute Gasteiger partial charge is 0.461 e. The van der Waals surface area contributed by atoms with E-state index < -0.39 is 5.60 Å². The van der Waals surface area contributed by atoms with E-state index in [1.165, 1.54) is 6.26 Å². The Bertz CT molecular complexity index is 380. The maximum absolute atomic E-state index is 12.4. The predicted octanol–water partition coefficient (Wildman–Crippen LogP) is 3.45. The summed E-state index contributed by atoms with van der Waals surface area (Å²) in [4.78, 5) is 12.4. The van der Waals surface area contributed by atoms with Gasteiger partial charge in [-0.3, -0.25) is 4.79 Å². The Hall–Kier alpha value is -1.09. The molecule has 3 heteroatoms. The van der Waals surface area contributed by atoms with E-state index in [-0.39, 0.29) is 5.78 Å². The molecule has 1 fully saturated rings. The number of hydrogen-bond donors (Lipinski definition) is 0. The van der Waals surface area contributed by atoms with E-state index in [0.29, 0.717) is 11.2 Å². The van der Waals surface area contributed by atoms with Crippen LogP contribution in [0.15, 0.2) is 22.8 Å². The molecule has 1 aromatic rings. The minimum Gasteiger partial charge on any atom is -0.461 e. The van der Waals surface area contributed by atoms with E-state index >= 15 is 0 Å². The van der Waals surface area contributed by atoms with E-state index in [1.54, 1.807) is 19.2 Å². The zero-order chi connectivity index (χ0) is 12.5. The van der Waals surface area contributed by atoms with Gasteiger partial charge < -0.3 is 9.15 Å². The van der Waals surface area contributed by atoms with Crippen LogP contribution in [-0.4, -0.2) is 18.5 Å². The van der Waals surface area contributed by atoms with E-state index in [1.807, 2.05) is 0 Å². The Labute approximate surface area is 102 Å². The van der Waals surface area contributed by atoms with Crippen LogP contribution in [0.4, 0.5) is 0 Å². The van der Waals surface area contributed by atoms with Crippen LogP contribution in [0, 0.1) is 5.41 Å². The molecule has 0 atom stereocenters. The fourth-order valence-corrected chi connectivity index (χ4v) is 2.49. The number of carbonyl (C=O) groups is 1. The SMILES string of the molecule is COC1(C(=O)c2ccco2)CCC(C)(C)CC1. The van der Waals surface area contributed by atoms with Gasteiger partial charge in [-0.15, -0.1) is 0 Å². The Morgan fingerprint density at radius 1 is 1.29 bits per heavy atom. The van der Waals surface area contributed by atoms with E-state index in [9.17, 15) is 4.79 Å². The van der Waals surface area contributed by atoms with Gasteiger partial charge in [-0.2, -0.15) is 0 Å². The van der Waals surface area contributed by atoms with Crippen LogP contribution in [0.3, 0.4) is 0 Å². The summed E-state index contributed by atoms with van der Waals surface area (Å²) < 4.78 is 10.7. The standard InChI is InChI=1S/C14H20O3/c1-13(2)6-8-14(16-3,9-7-13)12(15)11-5-4-10-17-11/h4-5,10H,6-9H2,1-3H3. The van der Waals surface area contributed by atoms with Crippen molar-refractivity contribution in [3.05, 3.63) is 24.2 Å². The van der Waals surface area contributed by atoms with Gasteiger partial charge in [0.1, 0.15) is 5.60 Å². The predicted molar refractivity (Wildman–Crippen MR) is 65.0 cm³/mol. The van der Waals surface area contributed by atoms with Crippen LogP contribution in [0.2, 0.25) is 0 Å². The number of hydrogen-bond acceptors (Lipinski definition) is 3. The zero-order valence-corrected chi connectivity index (χ0v) is 10.8. The molecule has 0 saturated heterocycles. The Morgan fingerprint density at radius 3 is 2.41 bits per heavy atom. The third-order valence-corrected chi connectivity index (χ3v) is 3.96. The highest BCUT2D eigenvalue weighted by molar-refractivity contribution is 6.00. The molecule has 94 valence electrons. The van der Waals surface area contributed by atoms with Crippen molar-refractivity contribution in [3.8, 4) is 0 Å². The molecule has 1 heterocycles. The second-order valence-electron chi connectivity index (χ2n) is 5.67. The zero-order valence-electron chi connectivity index (χ0n) is 10.8. The van der Waals surface area contributed by atoms with Crippen molar-refractivity contribution in [2.75, 3.05) is 7.11 Å². The van der Waals surface area contributed by atoms with Crippen LogP contribution < -0.4 is 0 Å². The van der Waals surface area contributed by atoms with Crippen LogP contribution in [0.5, 0.6) is 0 Å². The molecule has 0 aromatic carbocycles. The van der Waals surface area contributed by atoms with Crippen molar-refractivity contribution >= 4 is 5.78 Å². The monoisotopic (exact) mass is 236 g/mol. The maximum atomic E-state index is 12.4. The number of Topliss-reactive ketones (excluding diaryl/α,β-unsaturated/α-hetero) is 1. The fraction of sp³-hybridized carbons (Fsp3) is 0.643. The first-order valence-electron chi connectivity index (χ1n) is 6.13. The molecule has 1 aliphatic rings. The summed E-state index contributed by atoms with van der Waals surface area (Å²) in [5, 5.41) is 0. The Morgan fingerprint density at radius 2 is 1.94 bits per heavy atom. The number of methoxy groups -OCH3 is 1. The minimum absolute atomic E-state index is 0.0134. The van der Waals surface area contributed by atoms with Crippen molar-refractivity contribution in [3.63, 3.8) is 0 Å². The Balaban J connectivity index is 2.19. The molecule has 0 amide bonds. The second kappa shape index (κ2) is 4.30. The summed E-state index contributed by atoms with van der Waals surface area (Å²) in [7, 11) is 1.62. The van der Waals surface area contributed by atoms with Crippen molar-refractivity contribution in [2.24, 2.45) is 5.41 Å². The molecule has 0 aliphatic heterocycles. The number of ether oxygens (including phenoxy) is 1. The van der Waals surface area contributed by atoms with E-state index in [4.69, 9.17) is 9.15 Å².